The van der Waals surface area contributed by atoms with Gasteiger partial charge in [-0.15, -0.1) is 0 Å². The van der Waals surface area contributed by atoms with E-state index in [1.807, 2.05) is 0 Å². The molecule has 2 aromatic carbocycles. The van der Waals surface area contributed by atoms with Gasteiger partial charge in [-0.2, -0.15) is 0 Å². The van der Waals surface area contributed by atoms with Crippen LogP contribution in [0.1, 0.15) is 10.4 Å². The van der Waals surface area contributed by atoms with E-state index in [-0.39, 0.29) is 4.90 Å². The summed E-state index contributed by atoms with van der Waals surface area (Å²) in [6.07, 6.45) is 0.689. The van der Waals surface area contributed by atoms with E-state index in [0.29, 0.717) is 23.3 Å². The lowest BCUT2D eigenvalue weighted by Crippen LogP contribution is -2.11. The molecule has 0 heterocycles. The summed E-state index contributed by atoms with van der Waals surface area (Å²) in [7, 11) is -3.72. The van der Waals surface area contributed by atoms with Crippen molar-refractivity contribution in [2.45, 2.75) is 4.90 Å². The molecule has 0 aliphatic rings. The van der Waals surface area contributed by atoms with E-state index in [4.69, 9.17) is 9.88 Å². The van der Waals surface area contributed by atoms with Crippen LogP contribution in [0, 0.1) is 0 Å². The van der Waals surface area contributed by atoms with Crippen LogP contribution in [-0.2, 0) is 10.0 Å². The van der Waals surface area contributed by atoms with Gasteiger partial charge in [0.1, 0.15) is 11.5 Å². The van der Waals surface area contributed by atoms with Gasteiger partial charge in [-0.05, 0) is 36.4 Å². The van der Waals surface area contributed by atoms with E-state index >= 15 is 0 Å². The molecule has 0 atom stereocenters. The Morgan fingerprint density at radius 2 is 1.63 bits per heavy atom. The van der Waals surface area contributed by atoms with Crippen LogP contribution in [0.25, 0.3) is 0 Å². The number of carbonyl (C=O) groups excluding carboxylic acids is 1. The van der Waals surface area contributed by atoms with Gasteiger partial charge in [-0.3, -0.25) is 4.79 Å². The lowest BCUT2D eigenvalue weighted by atomic mass is 10.2. The third kappa shape index (κ3) is 3.18. The maximum absolute atomic E-state index is 11.1. The molecule has 0 unspecified atom stereocenters. The topological polar surface area (TPSA) is 86.5 Å². The first-order valence-corrected chi connectivity index (χ1v) is 6.90. The molecule has 0 saturated heterocycles. The van der Waals surface area contributed by atoms with Crippen molar-refractivity contribution in [1.29, 1.82) is 0 Å². The molecule has 5 nitrogen and oxygen atoms in total. The molecule has 2 aromatic rings. The minimum absolute atomic E-state index is 0.00326. The Hall–Kier alpha value is -2.18. The Bertz CT molecular complexity index is 693. The summed E-state index contributed by atoms with van der Waals surface area (Å²) in [5.74, 6) is 0.822. The number of primary sulfonamides is 1. The Morgan fingerprint density at radius 3 is 2.21 bits per heavy atom. The van der Waals surface area contributed by atoms with E-state index in [2.05, 4.69) is 0 Å². The van der Waals surface area contributed by atoms with Gasteiger partial charge in [0.05, 0.1) is 10.5 Å². The SMILES string of the molecule is NS(=O)(=O)c1ccc(Oc2ccccc2C=O)cc1. The number of hydrogen-bond donors (Lipinski definition) is 1. The number of para-hydroxylation sites is 1. The molecule has 0 spiro atoms. The van der Waals surface area contributed by atoms with E-state index in [9.17, 15) is 13.2 Å². The number of hydrogen-bond acceptors (Lipinski definition) is 4. The fraction of sp³-hybridized carbons (Fsp3) is 0. The first kappa shape index (κ1) is 13.3. The van der Waals surface area contributed by atoms with Crippen molar-refractivity contribution in [2.75, 3.05) is 0 Å². The van der Waals surface area contributed by atoms with Crippen LogP contribution < -0.4 is 9.88 Å². The standard InChI is InChI=1S/C13H11NO4S/c14-19(16,17)12-7-5-11(6-8-12)18-13-4-2-1-3-10(13)9-15/h1-9H,(H2,14,16,17). The number of sulfonamides is 1. The molecule has 0 aliphatic heterocycles. The highest BCUT2D eigenvalue weighted by molar-refractivity contribution is 7.89. The zero-order valence-corrected chi connectivity index (χ0v) is 10.6. The molecular formula is C13H11NO4S. The normalized spacial score (nSPS) is 11.0. The summed E-state index contributed by atoms with van der Waals surface area (Å²) in [6.45, 7) is 0. The minimum Gasteiger partial charge on any atom is -0.457 e. The number of aldehydes is 1. The van der Waals surface area contributed by atoms with Gasteiger partial charge in [-0.25, -0.2) is 13.6 Å². The molecule has 2 N–H and O–H groups in total. The second kappa shape index (κ2) is 5.21. The zero-order valence-electron chi connectivity index (χ0n) is 9.81. The van der Waals surface area contributed by atoms with E-state index in [1.165, 1.54) is 24.3 Å². The second-order valence-electron chi connectivity index (χ2n) is 3.77. The molecule has 0 bridgehead atoms. The van der Waals surface area contributed by atoms with Crippen LogP contribution >= 0.6 is 0 Å². The van der Waals surface area contributed by atoms with Gasteiger partial charge < -0.3 is 4.74 Å². The summed E-state index contributed by atoms with van der Waals surface area (Å²) >= 11 is 0. The number of rotatable bonds is 4. The van der Waals surface area contributed by atoms with E-state index in [0.717, 1.165) is 0 Å². The highest BCUT2D eigenvalue weighted by Gasteiger charge is 2.08. The molecule has 98 valence electrons. The molecule has 6 heteroatoms. The Balaban J connectivity index is 2.27. The quantitative estimate of drug-likeness (QED) is 0.865. The van der Waals surface area contributed by atoms with Crippen molar-refractivity contribution in [3.05, 3.63) is 54.1 Å². The molecule has 19 heavy (non-hydrogen) atoms. The Labute approximate surface area is 110 Å². The van der Waals surface area contributed by atoms with Gasteiger partial charge in [0.2, 0.25) is 10.0 Å². The van der Waals surface area contributed by atoms with Crippen molar-refractivity contribution in [1.82, 2.24) is 0 Å². The summed E-state index contributed by atoms with van der Waals surface area (Å²) in [4.78, 5) is 10.8. The average molecular weight is 277 g/mol. The van der Waals surface area contributed by atoms with Crippen molar-refractivity contribution < 1.29 is 17.9 Å². The molecule has 0 amide bonds. The van der Waals surface area contributed by atoms with E-state index in [1.54, 1.807) is 24.3 Å². The van der Waals surface area contributed by atoms with Gasteiger partial charge in [0.25, 0.3) is 0 Å². The average Bonchev–Trinajstić information content (AvgIpc) is 2.39. The fourth-order valence-electron chi connectivity index (χ4n) is 1.50. The lowest BCUT2D eigenvalue weighted by Gasteiger charge is -2.08. The first-order chi connectivity index (χ1) is 9.00. The van der Waals surface area contributed by atoms with E-state index < -0.39 is 10.0 Å². The fourth-order valence-corrected chi connectivity index (χ4v) is 2.01. The van der Waals surface area contributed by atoms with Crippen LogP contribution in [0.5, 0.6) is 11.5 Å². The monoisotopic (exact) mass is 277 g/mol. The maximum atomic E-state index is 11.1. The van der Waals surface area contributed by atoms with Crippen molar-refractivity contribution in [2.24, 2.45) is 5.14 Å². The third-order valence-corrected chi connectivity index (χ3v) is 3.36. The number of nitrogens with two attached hydrogens (primary N) is 1. The molecule has 0 saturated carbocycles. The Morgan fingerprint density at radius 1 is 1.00 bits per heavy atom. The van der Waals surface area contributed by atoms with Gasteiger partial charge in [0.15, 0.2) is 6.29 Å². The smallest absolute Gasteiger partial charge is 0.238 e. The predicted octanol–water partition coefficient (Wildman–Crippen LogP) is 1.94. The maximum Gasteiger partial charge on any atom is 0.238 e. The molecule has 2 rings (SSSR count). The second-order valence-corrected chi connectivity index (χ2v) is 5.34. The molecule has 0 radical (unpaired) electrons. The van der Waals surface area contributed by atoms with Gasteiger partial charge in [-0.1, -0.05) is 12.1 Å². The van der Waals surface area contributed by atoms with Crippen LogP contribution in [0.2, 0.25) is 0 Å². The molecular weight excluding hydrogens is 266 g/mol. The summed E-state index contributed by atoms with van der Waals surface area (Å²) < 4.78 is 27.7. The molecule has 0 aliphatic carbocycles. The predicted molar refractivity (Wildman–Crippen MR) is 69.7 cm³/mol. The van der Waals surface area contributed by atoms with Crippen LogP contribution in [0.4, 0.5) is 0 Å². The third-order valence-electron chi connectivity index (χ3n) is 2.43. The Kier molecular flexibility index (Phi) is 3.64. The van der Waals surface area contributed by atoms with Crippen molar-refractivity contribution >= 4 is 16.3 Å². The summed E-state index contributed by atoms with van der Waals surface area (Å²) in [5, 5.41) is 4.99. The van der Waals surface area contributed by atoms with Crippen LogP contribution in [0.3, 0.4) is 0 Å². The van der Waals surface area contributed by atoms with Crippen molar-refractivity contribution in [3.8, 4) is 11.5 Å². The van der Waals surface area contributed by atoms with Crippen molar-refractivity contribution in [3.63, 3.8) is 0 Å². The van der Waals surface area contributed by atoms with Gasteiger partial charge in [0, 0.05) is 0 Å². The van der Waals surface area contributed by atoms with Crippen LogP contribution in [0.15, 0.2) is 53.4 Å². The van der Waals surface area contributed by atoms with Crippen LogP contribution in [-0.4, -0.2) is 14.7 Å². The lowest BCUT2D eigenvalue weighted by molar-refractivity contribution is 0.112. The largest absolute Gasteiger partial charge is 0.457 e. The highest BCUT2D eigenvalue weighted by atomic mass is 32.2. The number of carbonyl (C=O) groups is 1. The zero-order chi connectivity index (χ0) is 13.9. The number of benzene rings is 2. The highest BCUT2D eigenvalue weighted by Crippen LogP contribution is 2.24. The summed E-state index contributed by atoms with van der Waals surface area (Å²) in [5.41, 5.74) is 0.415. The molecule has 0 aromatic heterocycles. The van der Waals surface area contributed by atoms with Gasteiger partial charge >= 0.3 is 0 Å². The number of ether oxygens (including phenoxy) is 1. The summed E-state index contributed by atoms with van der Waals surface area (Å²) in [6, 6.07) is 12.4. The first-order valence-electron chi connectivity index (χ1n) is 5.35. The minimum atomic E-state index is -3.72. The molecule has 0 fully saturated rings.